The molecule has 1 fully saturated rings. The number of nitrogens with zero attached hydrogens (tertiary/aromatic N) is 3. The van der Waals surface area contributed by atoms with Crippen LogP contribution in [0.25, 0.3) is 10.9 Å². The van der Waals surface area contributed by atoms with Gasteiger partial charge in [0.1, 0.15) is 5.60 Å². The third kappa shape index (κ3) is 4.32. The van der Waals surface area contributed by atoms with Crippen LogP contribution in [0, 0.1) is 0 Å². The Bertz CT molecular complexity index is 832. The number of carbonyl (C=O) groups is 2. The molecule has 0 atom stereocenters. The van der Waals surface area contributed by atoms with Gasteiger partial charge in [0.05, 0.1) is 12.1 Å². The smallest absolute Gasteiger partial charge is 0.410 e. The van der Waals surface area contributed by atoms with E-state index in [1.165, 1.54) is 0 Å². The zero-order valence-corrected chi connectivity index (χ0v) is 16.2. The summed E-state index contributed by atoms with van der Waals surface area (Å²) < 4.78 is 10.5. The highest BCUT2D eigenvalue weighted by molar-refractivity contribution is 6.02. The van der Waals surface area contributed by atoms with Gasteiger partial charge < -0.3 is 19.3 Å². The molecule has 146 valence electrons. The molecule has 8 heteroatoms. The lowest BCUT2D eigenvalue weighted by Crippen LogP contribution is -2.50. The molecule has 27 heavy (non-hydrogen) atoms. The van der Waals surface area contributed by atoms with Crippen molar-refractivity contribution in [1.82, 2.24) is 15.1 Å². The molecular formula is C19H26N4O4. The van der Waals surface area contributed by atoms with Gasteiger partial charge in [-0.05, 0) is 45.9 Å². The minimum Gasteiger partial charge on any atom is -0.461 e. The SMILES string of the molecule is CCOC(=O)c1n[nH]c2cc(N3CCN(C(=O)OC(C)(C)C)CC3)ccc12. The summed E-state index contributed by atoms with van der Waals surface area (Å²) in [7, 11) is 0. The number of hydrogen-bond donors (Lipinski definition) is 1. The molecule has 1 saturated heterocycles. The number of aromatic nitrogens is 2. The highest BCUT2D eigenvalue weighted by Gasteiger charge is 2.26. The van der Waals surface area contributed by atoms with Crippen LogP contribution in [0.2, 0.25) is 0 Å². The second-order valence-electron chi connectivity index (χ2n) is 7.48. The number of fused-ring (bicyclic) bond motifs is 1. The molecule has 1 amide bonds. The number of rotatable bonds is 3. The summed E-state index contributed by atoms with van der Waals surface area (Å²) in [6.45, 7) is 10.3. The Hall–Kier alpha value is -2.77. The predicted octanol–water partition coefficient (Wildman–Crippen LogP) is 2.80. The molecule has 1 aromatic heterocycles. The number of nitrogens with one attached hydrogen (secondary N) is 1. The van der Waals surface area contributed by atoms with Crippen LogP contribution in [0.15, 0.2) is 18.2 Å². The topological polar surface area (TPSA) is 87.8 Å². The first-order valence-electron chi connectivity index (χ1n) is 9.16. The quantitative estimate of drug-likeness (QED) is 0.831. The molecule has 1 aromatic carbocycles. The van der Waals surface area contributed by atoms with E-state index in [0.717, 1.165) is 16.6 Å². The maximum atomic E-state index is 12.2. The van der Waals surface area contributed by atoms with Crippen LogP contribution < -0.4 is 4.90 Å². The Morgan fingerprint density at radius 1 is 1.19 bits per heavy atom. The fourth-order valence-electron chi connectivity index (χ4n) is 3.03. The average Bonchev–Trinajstić information content (AvgIpc) is 3.04. The van der Waals surface area contributed by atoms with Crippen LogP contribution in [-0.4, -0.2) is 65.5 Å². The van der Waals surface area contributed by atoms with Crippen LogP contribution in [0.5, 0.6) is 0 Å². The fraction of sp³-hybridized carbons (Fsp3) is 0.526. The Balaban J connectivity index is 1.67. The van der Waals surface area contributed by atoms with Crippen molar-refractivity contribution >= 4 is 28.7 Å². The normalized spacial score (nSPS) is 15.1. The Morgan fingerprint density at radius 2 is 1.89 bits per heavy atom. The van der Waals surface area contributed by atoms with E-state index >= 15 is 0 Å². The fourth-order valence-corrected chi connectivity index (χ4v) is 3.03. The molecule has 3 rings (SSSR count). The minimum atomic E-state index is -0.490. The van der Waals surface area contributed by atoms with E-state index in [1.54, 1.807) is 11.8 Å². The highest BCUT2D eigenvalue weighted by Crippen LogP contribution is 2.24. The summed E-state index contributed by atoms with van der Waals surface area (Å²) in [6.07, 6.45) is -0.273. The lowest BCUT2D eigenvalue weighted by molar-refractivity contribution is 0.0240. The number of benzene rings is 1. The first kappa shape index (κ1) is 19.0. The standard InChI is InChI=1S/C19H26N4O4/c1-5-26-17(24)16-14-7-6-13(12-15(14)20-21-16)22-8-10-23(11-9-22)18(25)27-19(2,3)4/h6-7,12H,5,8-11H2,1-4H3,(H,20,21). The van der Waals surface area contributed by atoms with E-state index in [9.17, 15) is 9.59 Å². The zero-order valence-electron chi connectivity index (χ0n) is 16.2. The lowest BCUT2D eigenvalue weighted by atomic mass is 10.1. The van der Waals surface area contributed by atoms with Gasteiger partial charge in [0.2, 0.25) is 0 Å². The maximum Gasteiger partial charge on any atom is 0.410 e. The van der Waals surface area contributed by atoms with Crippen molar-refractivity contribution in [2.24, 2.45) is 0 Å². The van der Waals surface area contributed by atoms with Gasteiger partial charge >= 0.3 is 12.1 Å². The minimum absolute atomic E-state index is 0.273. The summed E-state index contributed by atoms with van der Waals surface area (Å²) in [6, 6.07) is 5.80. The number of amides is 1. The van der Waals surface area contributed by atoms with Gasteiger partial charge in [-0.2, -0.15) is 5.10 Å². The summed E-state index contributed by atoms with van der Waals surface area (Å²) >= 11 is 0. The van der Waals surface area contributed by atoms with E-state index in [0.29, 0.717) is 38.5 Å². The average molecular weight is 374 g/mol. The second-order valence-corrected chi connectivity index (χ2v) is 7.48. The first-order chi connectivity index (χ1) is 12.8. The summed E-state index contributed by atoms with van der Waals surface area (Å²) in [5.74, 6) is -0.428. The van der Waals surface area contributed by atoms with E-state index in [4.69, 9.17) is 9.47 Å². The molecule has 0 aliphatic carbocycles. The number of anilines is 1. The molecular weight excluding hydrogens is 348 g/mol. The molecule has 2 aromatic rings. The lowest BCUT2D eigenvalue weighted by Gasteiger charge is -2.36. The summed E-state index contributed by atoms with van der Waals surface area (Å²) in [5.41, 5.74) is 1.61. The van der Waals surface area contributed by atoms with E-state index in [-0.39, 0.29) is 6.09 Å². The third-order valence-corrected chi connectivity index (χ3v) is 4.31. The molecule has 1 aliphatic rings. The number of H-pyrrole nitrogens is 1. The van der Waals surface area contributed by atoms with Crippen LogP contribution >= 0.6 is 0 Å². The molecule has 8 nitrogen and oxygen atoms in total. The number of piperazine rings is 1. The van der Waals surface area contributed by atoms with Gasteiger partial charge in [0.25, 0.3) is 0 Å². The number of carbonyl (C=O) groups excluding carboxylic acids is 2. The van der Waals surface area contributed by atoms with Crippen molar-refractivity contribution < 1.29 is 19.1 Å². The van der Waals surface area contributed by atoms with Gasteiger partial charge in [0, 0.05) is 37.3 Å². The highest BCUT2D eigenvalue weighted by atomic mass is 16.6. The van der Waals surface area contributed by atoms with Crippen molar-refractivity contribution in [2.75, 3.05) is 37.7 Å². The first-order valence-corrected chi connectivity index (χ1v) is 9.16. The number of esters is 1. The van der Waals surface area contributed by atoms with Crippen LogP contribution in [0.3, 0.4) is 0 Å². The summed E-state index contributed by atoms with van der Waals surface area (Å²) in [4.78, 5) is 28.1. The van der Waals surface area contributed by atoms with Gasteiger partial charge in [-0.25, -0.2) is 9.59 Å². The second kappa shape index (κ2) is 7.46. The molecule has 0 radical (unpaired) electrons. The maximum absolute atomic E-state index is 12.2. The Morgan fingerprint density at radius 3 is 2.52 bits per heavy atom. The number of aromatic amines is 1. The molecule has 1 N–H and O–H groups in total. The predicted molar refractivity (Wildman–Crippen MR) is 102 cm³/mol. The number of ether oxygens (including phenoxy) is 2. The zero-order chi connectivity index (χ0) is 19.6. The van der Waals surface area contributed by atoms with Crippen LogP contribution in [0.4, 0.5) is 10.5 Å². The molecule has 1 aliphatic heterocycles. The van der Waals surface area contributed by atoms with Crippen LogP contribution in [0.1, 0.15) is 38.2 Å². The Kier molecular flexibility index (Phi) is 5.25. The van der Waals surface area contributed by atoms with Gasteiger partial charge in [-0.1, -0.05) is 0 Å². The van der Waals surface area contributed by atoms with Crippen LogP contribution in [-0.2, 0) is 9.47 Å². The van der Waals surface area contributed by atoms with E-state index in [2.05, 4.69) is 15.1 Å². The van der Waals surface area contributed by atoms with Crippen molar-refractivity contribution in [1.29, 1.82) is 0 Å². The van der Waals surface area contributed by atoms with Crippen molar-refractivity contribution in [3.05, 3.63) is 23.9 Å². The largest absolute Gasteiger partial charge is 0.461 e. The van der Waals surface area contributed by atoms with Crippen molar-refractivity contribution in [3.63, 3.8) is 0 Å². The molecule has 0 spiro atoms. The summed E-state index contributed by atoms with van der Waals surface area (Å²) in [5, 5.41) is 7.72. The van der Waals surface area contributed by atoms with E-state index in [1.807, 2.05) is 39.0 Å². The van der Waals surface area contributed by atoms with Crippen molar-refractivity contribution in [3.8, 4) is 0 Å². The molecule has 0 bridgehead atoms. The molecule has 0 saturated carbocycles. The van der Waals surface area contributed by atoms with Crippen molar-refractivity contribution in [2.45, 2.75) is 33.3 Å². The van der Waals surface area contributed by atoms with Gasteiger partial charge in [-0.3, -0.25) is 5.10 Å². The number of hydrogen-bond acceptors (Lipinski definition) is 6. The monoisotopic (exact) mass is 374 g/mol. The van der Waals surface area contributed by atoms with Gasteiger partial charge in [-0.15, -0.1) is 0 Å². The third-order valence-electron chi connectivity index (χ3n) is 4.31. The van der Waals surface area contributed by atoms with E-state index < -0.39 is 11.6 Å². The molecule has 0 unspecified atom stereocenters. The molecule has 2 heterocycles. The van der Waals surface area contributed by atoms with Gasteiger partial charge in [0.15, 0.2) is 5.69 Å². The Labute approximate surface area is 158 Å².